The van der Waals surface area contributed by atoms with Crippen molar-refractivity contribution in [1.29, 1.82) is 0 Å². The Morgan fingerprint density at radius 3 is 1.22 bits per heavy atom. The molecule has 0 saturated carbocycles. The van der Waals surface area contributed by atoms with Crippen molar-refractivity contribution in [3.05, 3.63) is 284 Å². The van der Waals surface area contributed by atoms with E-state index in [4.69, 9.17) is 9.98 Å². The summed E-state index contributed by atoms with van der Waals surface area (Å²) in [6, 6.07) is 71.4. The molecule has 73 heavy (non-hydrogen) atoms. The molecule has 0 fully saturated rings. The molecule has 10 aromatic rings. The number of H-pyrrole nitrogens is 2. The Hall–Kier alpha value is -8.86. The lowest BCUT2D eigenvalue weighted by Gasteiger charge is -2.09. The standard InChI is InChI=1S/C35H30N2.C34H28N2/c1-22-15-23(2)17-28(16-22)35-31-19-25(4)24(3)18-30(31)34(37-35)21-33-29(26-11-7-5-8-12-26)20-32(36-33)27-13-9-6-10-14-27;1-22-8-14-25(15-9-22)30-20-31(26-16-10-23(2)11-17-26)35-33(30)21-32-28-6-4-5-7-29(28)34(36-32)27-18-12-24(3)13-19-27/h5-21,36H,1-4H3;4-21,35H,1-3H3/b34-21-;32-21-. The normalized spacial score (nSPS) is 13.6. The molecule has 4 nitrogen and oxygen atoms in total. The van der Waals surface area contributed by atoms with Crippen LogP contribution >= 0.6 is 0 Å². The van der Waals surface area contributed by atoms with Gasteiger partial charge in [-0.25, -0.2) is 9.98 Å². The summed E-state index contributed by atoms with van der Waals surface area (Å²) in [5, 5.41) is 0. The molecule has 0 atom stereocenters. The first-order chi connectivity index (χ1) is 35.5. The summed E-state index contributed by atoms with van der Waals surface area (Å²) in [6.45, 7) is 15.0. The highest BCUT2D eigenvalue weighted by atomic mass is 14.8. The Morgan fingerprint density at radius 2 is 0.685 bits per heavy atom. The number of nitrogens with zero attached hydrogens (tertiary/aromatic N) is 2. The van der Waals surface area contributed by atoms with Gasteiger partial charge in [0.1, 0.15) is 0 Å². The monoisotopic (exact) mass is 942 g/mol. The summed E-state index contributed by atoms with van der Waals surface area (Å²) in [5.41, 5.74) is 31.3. The van der Waals surface area contributed by atoms with Gasteiger partial charge in [0.15, 0.2) is 0 Å². The lowest BCUT2D eigenvalue weighted by molar-refractivity contribution is 1.32. The van der Waals surface area contributed by atoms with Gasteiger partial charge < -0.3 is 9.97 Å². The average molecular weight is 943 g/mol. The fourth-order valence-electron chi connectivity index (χ4n) is 10.0. The first-order valence-electron chi connectivity index (χ1n) is 25.2. The van der Waals surface area contributed by atoms with Gasteiger partial charge in [0.2, 0.25) is 0 Å². The molecule has 0 spiro atoms. The molecule has 0 amide bonds. The maximum absolute atomic E-state index is 5.26. The second-order valence-electron chi connectivity index (χ2n) is 19.7. The van der Waals surface area contributed by atoms with Crippen molar-refractivity contribution in [2.75, 3.05) is 0 Å². The van der Waals surface area contributed by atoms with Crippen molar-refractivity contribution in [2.45, 2.75) is 48.5 Å². The molecule has 2 N–H and O–H groups in total. The summed E-state index contributed by atoms with van der Waals surface area (Å²) in [4.78, 5) is 17.8. The molecule has 4 heteroatoms. The molecule has 0 aliphatic carbocycles. The Morgan fingerprint density at radius 1 is 0.288 bits per heavy atom. The number of hydrogen-bond donors (Lipinski definition) is 2. The van der Waals surface area contributed by atoms with Crippen LogP contribution in [0.5, 0.6) is 0 Å². The molecule has 2 aliphatic rings. The molecule has 0 bridgehead atoms. The largest absolute Gasteiger partial charge is 0.354 e. The number of fused-ring (bicyclic) bond motifs is 2. The summed E-state index contributed by atoms with van der Waals surface area (Å²) < 4.78 is 0. The third kappa shape index (κ3) is 9.68. The molecule has 2 aliphatic heterocycles. The SMILES string of the molecule is Cc1cc(C)cc(C2=N/C(=C\c3[nH]c(-c4ccccc4)cc3-c3ccccc3)c3cc(C)c(C)cc32)c1.Cc1ccc(C2=N/C(=C\c3[nH]c(-c4ccc(C)cc4)cc3-c3ccc(C)cc3)c3ccccc32)cc1. The topological polar surface area (TPSA) is 56.3 Å². The number of aromatic amines is 2. The molecule has 12 rings (SSSR count). The Bertz CT molecular complexity index is 3780. The molecule has 0 radical (unpaired) electrons. The van der Waals surface area contributed by atoms with Gasteiger partial charge in [-0.15, -0.1) is 0 Å². The van der Waals surface area contributed by atoms with Crippen LogP contribution in [0.15, 0.2) is 210 Å². The quantitative estimate of drug-likeness (QED) is 0.153. The van der Waals surface area contributed by atoms with Crippen molar-refractivity contribution in [1.82, 2.24) is 9.97 Å². The van der Waals surface area contributed by atoms with E-state index in [0.29, 0.717) is 0 Å². The molecule has 2 aromatic heterocycles. The van der Waals surface area contributed by atoms with E-state index in [1.165, 1.54) is 94.6 Å². The minimum atomic E-state index is 0.979. The van der Waals surface area contributed by atoms with Gasteiger partial charge in [-0.3, -0.25) is 0 Å². The number of aryl methyl sites for hydroxylation is 7. The molecule has 4 heterocycles. The van der Waals surface area contributed by atoms with E-state index in [-0.39, 0.29) is 0 Å². The Kier molecular flexibility index (Phi) is 12.6. The zero-order valence-electron chi connectivity index (χ0n) is 42.6. The van der Waals surface area contributed by atoms with Gasteiger partial charge in [0, 0.05) is 67.3 Å². The number of aromatic nitrogens is 2. The number of aliphatic imine (C=N–C) groups is 2. The van der Waals surface area contributed by atoms with Gasteiger partial charge in [-0.1, -0.05) is 192 Å². The zero-order valence-corrected chi connectivity index (χ0v) is 42.6. The summed E-state index contributed by atoms with van der Waals surface area (Å²) in [5.74, 6) is 0. The summed E-state index contributed by atoms with van der Waals surface area (Å²) in [7, 11) is 0. The Balaban J connectivity index is 0.000000157. The van der Waals surface area contributed by atoms with Crippen LogP contribution in [0.25, 0.3) is 68.3 Å². The van der Waals surface area contributed by atoms with E-state index in [1.807, 2.05) is 0 Å². The van der Waals surface area contributed by atoms with Gasteiger partial charge in [-0.05, 0) is 130 Å². The highest BCUT2D eigenvalue weighted by molar-refractivity contribution is 6.23. The lowest BCUT2D eigenvalue weighted by Crippen LogP contribution is -2.03. The van der Waals surface area contributed by atoms with E-state index < -0.39 is 0 Å². The maximum atomic E-state index is 5.26. The van der Waals surface area contributed by atoms with Crippen molar-refractivity contribution in [3.63, 3.8) is 0 Å². The molecule has 354 valence electrons. The van der Waals surface area contributed by atoms with Crippen LogP contribution in [0.1, 0.15) is 83.7 Å². The fourth-order valence-corrected chi connectivity index (χ4v) is 10.0. The van der Waals surface area contributed by atoms with Crippen molar-refractivity contribution < 1.29 is 0 Å². The number of hydrogen-bond acceptors (Lipinski definition) is 2. The highest BCUT2D eigenvalue weighted by Crippen LogP contribution is 2.40. The number of rotatable bonds is 8. The molecule has 8 aromatic carbocycles. The van der Waals surface area contributed by atoms with Crippen LogP contribution in [0, 0.1) is 48.5 Å². The number of nitrogens with one attached hydrogen (secondary N) is 2. The zero-order chi connectivity index (χ0) is 50.2. The van der Waals surface area contributed by atoms with Crippen molar-refractivity contribution in [2.24, 2.45) is 9.98 Å². The van der Waals surface area contributed by atoms with Gasteiger partial charge in [0.25, 0.3) is 0 Å². The molecule has 0 saturated heterocycles. The molecular weight excluding hydrogens is 885 g/mol. The van der Waals surface area contributed by atoms with E-state index >= 15 is 0 Å². The second-order valence-corrected chi connectivity index (χ2v) is 19.7. The second kappa shape index (κ2) is 19.7. The van der Waals surface area contributed by atoms with Crippen molar-refractivity contribution in [3.8, 4) is 44.8 Å². The van der Waals surface area contributed by atoms with Gasteiger partial charge >= 0.3 is 0 Å². The number of benzene rings is 8. The third-order valence-corrected chi connectivity index (χ3v) is 14.1. The van der Waals surface area contributed by atoms with E-state index in [1.54, 1.807) is 0 Å². The predicted molar refractivity (Wildman–Crippen MR) is 309 cm³/mol. The molecule has 0 unspecified atom stereocenters. The summed E-state index contributed by atoms with van der Waals surface area (Å²) in [6.07, 6.45) is 4.42. The first kappa shape index (κ1) is 46.5. The van der Waals surface area contributed by atoms with E-state index in [0.717, 1.165) is 56.7 Å². The average Bonchev–Trinajstić information content (AvgIpc) is 4.20. The van der Waals surface area contributed by atoms with Crippen LogP contribution in [-0.4, -0.2) is 21.4 Å². The Labute approximate surface area is 430 Å². The minimum Gasteiger partial charge on any atom is -0.354 e. The van der Waals surface area contributed by atoms with Crippen LogP contribution in [0.3, 0.4) is 0 Å². The first-order valence-corrected chi connectivity index (χ1v) is 25.2. The minimum absolute atomic E-state index is 0.979. The summed E-state index contributed by atoms with van der Waals surface area (Å²) >= 11 is 0. The maximum Gasteiger partial charge on any atom is 0.0788 e. The predicted octanol–water partition coefficient (Wildman–Crippen LogP) is 17.6. The van der Waals surface area contributed by atoms with E-state index in [2.05, 4.69) is 271 Å². The van der Waals surface area contributed by atoms with Gasteiger partial charge in [-0.2, -0.15) is 0 Å². The van der Waals surface area contributed by atoms with Crippen LogP contribution < -0.4 is 0 Å². The van der Waals surface area contributed by atoms with Crippen LogP contribution in [-0.2, 0) is 0 Å². The smallest absolute Gasteiger partial charge is 0.0788 e. The van der Waals surface area contributed by atoms with Crippen LogP contribution in [0.2, 0.25) is 0 Å². The fraction of sp³-hybridized carbons (Fsp3) is 0.101. The molecular formula is C69H58N4. The highest BCUT2D eigenvalue weighted by Gasteiger charge is 2.25. The van der Waals surface area contributed by atoms with Gasteiger partial charge in [0.05, 0.1) is 22.8 Å². The van der Waals surface area contributed by atoms with Crippen molar-refractivity contribution >= 4 is 35.0 Å². The van der Waals surface area contributed by atoms with E-state index in [9.17, 15) is 0 Å². The third-order valence-electron chi connectivity index (χ3n) is 14.1. The lowest BCUT2D eigenvalue weighted by atomic mass is 9.93. The van der Waals surface area contributed by atoms with Crippen LogP contribution in [0.4, 0.5) is 0 Å².